The molecule has 0 fully saturated rings. The Labute approximate surface area is 219 Å². The summed E-state index contributed by atoms with van der Waals surface area (Å²) in [6, 6.07) is 15.0. The summed E-state index contributed by atoms with van der Waals surface area (Å²) < 4.78 is 0. The van der Waals surface area contributed by atoms with Crippen molar-refractivity contribution < 1.29 is 19.5 Å². The molecule has 11 heteroatoms. The van der Waals surface area contributed by atoms with Crippen molar-refractivity contribution >= 4 is 47.5 Å². The van der Waals surface area contributed by atoms with Crippen LogP contribution in [0.25, 0.3) is 0 Å². The molecule has 2 aromatic carbocycles. The van der Waals surface area contributed by atoms with Gasteiger partial charge in [-0.25, -0.2) is 0 Å². The van der Waals surface area contributed by atoms with Gasteiger partial charge in [-0.2, -0.15) is 0 Å². The first-order valence-electron chi connectivity index (χ1n) is 11.5. The molecular formula is C26H25ClN6O4. The van der Waals surface area contributed by atoms with Crippen LogP contribution in [0.2, 0.25) is 0 Å². The summed E-state index contributed by atoms with van der Waals surface area (Å²) >= 11 is 0. The summed E-state index contributed by atoms with van der Waals surface area (Å²) in [4.78, 5) is 47.4. The van der Waals surface area contributed by atoms with Crippen molar-refractivity contribution in [3.63, 3.8) is 0 Å². The molecule has 4 N–H and O–H groups in total. The van der Waals surface area contributed by atoms with Crippen LogP contribution in [-0.4, -0.2) is 51.8 Å². The summed E-state index contributed by atoms with van der Waals surface area (Å²) in [6.45, 7) is 1.82. The number of amides is 2. The highest BCUT2D eigenvalue weighted by molar-refractivity contribution is 6.06. The first-order chi connectivity index (χ1) is 17.5. The van der Waals surface area contributed by atoms with Crippen molar-refractivity contribution in [1.29, 1.82) is 0 Å². The predicted molar refractivity (Wildman–Crippen MR) is 141 cm³/mol. The van der Waals surface area contributed by atoms with Crippen LogP contribution in [0.1, 0.15) is 44.3 Å². The van der Waals surface area contributed by atoms with E-state index in [1.807, 2.05) is 0 Å². The summed E-state index contributed by atoms with van der Waals surface area (Å²) in [5.74, 6) is -0.871. The number of hydrogen-bond acceptors (Lipinski definition) is 7. The molecule has 37 heavy (non-hydrogen) atoms. The highest BCUT2D eigenvalue weighted by Gasteiger charge is 2.35. The number of aromatic nitrogens is 1. The molecule has 0 bridgehead atoms. The molecule has 1 atom stereocenters. The highest BCUT2D eigenvalue weighted by atomic mass is 35.5. The lowest BCUT2D eigenvalue weighted by Crippen LogP contribution is -2.30. The number of fused-ring (bicyclic) bond motifs is 1. The first kappa shape index (κ1) is 25.6. The number of carbonyl (C=O) groups excluding carboxylic acids is 2. The van der Waals surface area contributed by atoms with Crippen LogP contribution in [0.3, 0.4) is 0 Å². The van der Waals surface area contributed by atoms with E-state index in [-0.39, 0.29) is 37.2 Å². The SMILES string of the molecule is Cl.O=C(O)CC(c1ccncc1)N1Cc2ccc(NC(=O)c3ccc(NC4=NCCN4)cc3)cc2C1=O. The number of benzene rings is 2. The molecule has 0 radical (unpaired) electrons. The van der Waals surface area contributed by atoms with Crippen molar-refractivity contribution in [2.45, 2.75) is 19.0 Å². The summed E-state index contributed by atoms with van der Waals surface area (Å²) in [6.07, 6.45) is 2.93. The Morgan fingerprint density at radius 2 is 1.78 bits per heavy atom. The van der Waals surface area contributed by atoms with Gasteiger partial charge >= 0.3 is 5.97 Å². The van der Waals surface area contributed by atoms with Crippen LogP contribution < -0.4 is 16.0 Å². The monoisotopic (exact) mass is 520 g/mol. The zero-order valence-electron chi connectivity index (χ0n) is 19.7. The highest BCUT2D eigenvalue weighted by Crippen LogP contribution is 2.34. The summed E-state index contributed by atoms with van der Waals surface area (Å²) in [7, 11) is 0. The quantitative estimate of drug-likeness (QED) is 0.375. The molecule has 3 heterocycles. The van der Waals surface area contributed by atoms with Gasteiger partial charge in [0.15, 0.2) is 5.96 Å². The van der Waals surface area contributed by atoms with E-state index in [0.29, 0.717) is 28.3 Å². The van der Waals surface area contributed by atoms with Gasteiger partial charge in [-0.15, -0.1) is 12.4 Å². The van der Waals surface area contributed by atoms with Gasteiger partial charge in [0.25, 0.3) is 11.8 Å². The molecule has 0 spiro atoms. The molecule has 5 rings (SSSR count). The molecule has 190 valence electrons. The standard InChI is InChI=1S/C26H24N6O4.ClH/c33-23(34)14-22(16-7-9-27-10-8-16)32-15-18-3-6-20(13-21(18)25(32)36)30-24(35)17-1-4-19(5-2-17)31-26-28-11-12-29-26;/h1-10,13,22H,11-12,14-15H2,(H,30,35)(H,33,34)(H2,28,29,31);1H. The molecule has 0 saturated carbocycles. The Kier molecular flexibility index (Phi) is 7.69. The molecule has 2 amide bonds. The maximum absolute atomic E-state index is 13.3. The Morgan fingerprint density at radius 1 is 1.05 bits per heavy atom. The molecule has 0 aliphatic carbocycles. The molecule has 0 saturated heterocycles. The van der Waals surface area contributed by atoms with Gasteiger partial charge in [-0.05, 0) is 59.7 Å². The second kappa shape index (κ2) is 11.1. The second-order valence-corrected chi connectivity index (χ2v) is 8.51. The third kappa shape index (κ3) is 5.70. The summed E-state index contributed by atoms with van der Waals surface area (Å²) in [5, 5.41) is 18.6. The van der Waals surface area contributed by atoms with Gasteiger partial charge < -0.3 is 26.0 Å². The van der Waals surface area contributed by atoms with E-state index >= 15 is 0 Å². The maximum Gasteiger partial charge on any atom is 0.305 e. The Bertz CT molecular complexity index is 1350. The van der Waals surface area contributed by atoms with Gasteiger partial charge in [-0.3, -0.25) is 24.4 Å². The van der Waals surface area contributed by atoms with Crippen LogP contribution in [0.5, 0.6) is 0 Å². The number of halogens is 1. The number of carboxylic acids is 1. The minimum atomic E-state index is -0.998. The van der Waals surface area contributed by atoms with Gasteiger partial charge in [-0.1, -0.05) is 6.07 Å². The zero-order chi connectivity index (χ0) is 25.1. The molecule has 10 nitrogen and oxygen atoms in total. The van der Waals surface area contributed by atoms with Gasteiger partial charge in [0.05, 0.1) is 19.0 Å². The molecule has 1 unspecified atom stereocenters. The van der Waals surface area contributed by atoms with Crippen LogP contribution in [-0.2, 0) is 11.3 Å². The minimum Gasteiger partial charge on any atom is -0.481 e. The number of guanidine groups is 1. The number of pyridine rings is 1. The van der Waals surface area contributed by atoms with Gasteiger partial charge in [0.2, 0.25) is 0 Å². The van der Waals surface area contributed by atoms with Crippen molar-refractivity contribution in [1.82, 2.24) is 15.2 Å². The lowest BCUT2D eigenvalue weighted by molar-refractivity contribution is -0.138. The van der Waals surface area contributed by atoms with Gasteiger partial charge in [0, 0.05) is 48.0 Å². The number of carbonyl (C=O) groups is 3. The largest absolute Gasteiger partial charge is 0.481 e. The van der Waals surface area contributed by atoms with E-state index in [2.05, 4.69) is 25.9 Å². The number of hydrogen-bond donors (Lipinski definition) is 4. The normalized spacial score (nSPS) is 14.6. The lowest BCUT2D eigenvalue weighted by atomic mass is 10.0. The second-order valence-electron chi connectivity index (χ2n) is 8.51. The van der Waals surface area contributed by atoms with E-state index in [1.165, 1.54) is 0 Å². The number of nitrogens with one attached hydrogen (secondary N) is 3. The average Bonchev–Trinajstić information content (AvgIpc) is 3.51. The number of nitrogens with zero attached hydrogens (tertiary/aromatic N) is 3. The Balaban J connectivity index is 0.00000320. The number of anilines is 2. The van der Waals surface area contributed by atoms with Crippen molar-refractivity contribution in [2.24, 2.45) is 4.99 Å². The number of aliphatic carboxylic acids is 1. The fourth-order valence-corrected chi connectivity index (χ4v) is 4.34. The zero-order valence-corrected chi connectivity index (χ0v) is 20.5. The topological polar surface area (TPSA) is 136 Å². The number of rotatable bonds is 7. The van der Waals surface area contributed by atoms with Crippen LogP contribution in [0, 0.1) is 0 Å². The summed E-state index contributed by atoms with van der Waals surface area (Å²) in [5.41, 5.74) is 3.70. The van der Waals surface area contributed by atoms with Crippen LogP contribution in [0.15, 0.2) is 72.0 Å². The van der Waals surface area contributed by atoms with Crippen LogP contribution >= 0.6 is 12.4 Å². The minimum absolute atomic E-state index is 0. The lowest BCUT2D eigenvalue weighted by Gasteiger charge is -2.26. The first-order valence-corrected chi connectivity index (χ1v) is 11.5. The third-order valence-electron chi connectivity index (χ3n) is 6.12. The molecule has 2 aliphatic rings. The Hall–Kier alpha value is -4.44. The van der Waals surface area contributed by atoms with Crippen molar-refractivity contribution in [2.75, 3.05) is 23.7 Å². The van der Waals surface area contributed by atoms with E-state index in [1.54, 1.807) is 71.9 Å². The fraction of sp³-hybridized carbons (Fsp3) is 0.192. The maximum atomic E-state index is 13.3. The van der Waals surface area contributed by atoms with Crippen molar-refractivity contribution in [3.8, 4) is 0 Å². The molecule has 2 aliphatic heterocycles. The van der Waals surface area contributed by atoms with Crippen molar-refractivity contribution in [3.05, 3.63) is 89.2 Å². The Morgan fingerprint density at radius 3 is 2.46 bits per heavy atom. The molecule has 3 aromatic rings. The number of carboxylic acid groups (broad SMARTS) is 1. The van der Waals surface area contributed by atoms with E-state index in [9.17, 15) is 19.5 Å². The molecular weight excluding hydrogens is 496 g/mol. The van der Waals surface area contributed by atoms with Crippen LogP contribution in [0.4, 0.5) is 11.4 Å². The average molecular weight is 521 g/mol. The molecule has 1 aromatic heterocycles. The van der Waals surface area contributed by atoms with E-state index < -0.39 is 12.0 Å². The predicted octanol–water partition coefficient (Wildman–Crippen LogP) is 3.30. The van der Waals surface area contributed by atoms with Gasteiger partial charge in [0.1, 0.15) is 0 Å². The fourth-order valence-electron chi connectivity index (χ4n) is 4.34. The smallest absolute Gasteiger partial charge is 0.305 e. The third-order valence-corrected chi connectivity index (χ3v) is 6.12. The van der Waals surface area contributed by atoms with E-state index in [4.69, 9.17) is 0 Å². The number of aliphatic imine (C=N–C) groups is 1. The van der Waals surface area contributed by atoms with E-state index in [0.717, 1.165) is 24.3 Å².